The third-order valence-electron chi connectivity index (χ3n) is 17.2. The minimum atomic E-state index is -2.15. The molecule has 38 heteroatoms. The van der Waals surface area contributed by atoms with Crippen LogP contribution in [0.2, 0.25) is 0 Å². The Kier molecular flexibility index (Phi) is 34.1. The monoisotopic (exact) mass is 1400 g/mol. The number of ether oxygens (including phenoxy) is 12. The molecule has 5 heterocycles. The Bertz CT molecular complexity index is 2400. The van der Waals surface area contributed by atoms with E-state index in [9.17, 15) is 105 Å². The third kappa shape index (κ3) is 21.9. The summed E-state index contributed by atoms with van der Waals surface area (Å²) in [5.74, 6) is -5.90. The molecule has 0 saturated carbocycles. The highest BCUT2D eigenvalue weighted by Gasteiger charge is 2.58. The predicted molar refractivity (Wildman–Crippen MR) is 317 cm³/mol. The fourth-order valence-electron chi connectivity index (χ4n) is 11.5. The summed E-state index contributed by atoms with van der Waals surface area (Å²) in [7, 11) is 2.34. The van der Waals surface area contributed by atoms with E-state index in [2.05, 4.69) is 26.6 Å². The second kappa shape index (κ2) is 39.7. The number of amides is 5. The van der Waals surface area contributed by atoms with Crippen LogP contribution in [0.4, 0.5) is 0 Å². The number of carbonyl (C=O) groups excluding carboxylic acids is 6. The summed E-state index contributed by atoms with van der Waals surface area (Å²) in [6.45, 7) is 3.53. The first-order valence-electron chi connectivity index (χ1n) is 32.0. The van der Waals surface area contributed by atoms with Crippen molar-refractivity contribution >= 4 is 35.5 Å². The fourth-order valence-corrected chi connectivity index (χ4v) is 11.5. The predicted octanol–water partition coefficient (Wildman–Crippen LogP) is -10.0. The molecule has 0 bridgehead atoms. The lowest BCUT2D eigenvalue weighted by Crippen LogP contribution is -2.71. The van der Waals surface area contributed by atoms with Gasteiger partial charge in [0.2, 0.25) is 29.5 Å². The molecule has 0 aromatic rings. The van der Waals surface area contributed by atoms with Crippen LogP contribution in [-0.4, -0.2) is 350 Å². The maximum atomic E-state index is 13.5. The maximum Gasteiger partial charge on any atom is 0.305 e. The highest BCUT2D eigenvalue weighted by molar-refractivity contribution is 5.82. The zero-order valence-electron chi connectivity index (χ0n) is 54.5. The van der Waals surface area contributed by atoms with Gasteiger partial charge < -0.3 is 160 Å². The number of aliphatic hydroxyl groups is 15. The zero-order chi connectivity index (χ0) is 71.4. The molecule has 0 radical (unpaired) electrons. The molecule has 0 aromatic heterocycles. The SMILES string of the molecule is COC(=O)CCCCCO[C@H]1O[C@H](C)[C@@H](NC(=O)[C@H](O)CCO)[C@H](O)[C@@H]1O[C@H]1O[C@H](C)[C@@H](NC(=O)[C@H](O)CCO)[C@H](O)[C@@H]1O[C@H]1O[C@H](C)[C@@H](NC(=O)[C@H](O)CCO)[C@H](O)[C@@H]1O[C@H]1O[C@H](C)[C@@H](NC(=O)[C@H](O)CCO)[C@H](O)[C@@H]1O[C@H]1O[C@H](C)[C@@H](NC(=O)[C@H](O)CCO)[C@H](O)[C@@H]1OC. The Balaban J connectivity index is 1.64. The first-order valence-corrected chi connectivity index (χ1v) is 32.0. The molecular formula is C58H101N5O33. The fraction of sp³-hybridized carbons (Fsp3) is 0.897. The van der Waals surface area contributed by atoms with E-state index in [1.54, 1.807) is 0 Å². The van der Waals surface area contributed by atoms with E-state index in [0.29, 0.717) is 19.3 Å². The number of hydrogen-bond acceptors (Lipinski definition) is 33. The molecule has 96 heavy (non-hydrogen) atoms. The van der Waals surface area contributed by atoms with Crippen LogP contribution in [0.15, 0.2) is 0 Å². The number of nitrogens with one attached hydrogen (secondary N) is 5. The lowest BCUT2D eigenvalue weighted by molar-refractivity contribution is -0.396. The van der Waals surface area contributed by atoms with Crippen molar-refractivity contribution in [1.29, 1.82) is 0 Å². The van der Waals surface area contributed by atoms with Gasteiger partial charge in [-0.2, -0.15) is 0 Å². The van der Waals surface area contributed by atoms with Gasteiger partial charge in [0.15, 0.2) is 31.5 Å². The molecule has 5 fully saturated rings. The Morgan fingerprint density at radius 2 is 0.604 bits per heavy atom. The normalized spacial score (nSPS) is 37.2. The van der Waals surface area contributed by atoms with Crippen LogP contribution in [0.5, 0.6) is 0 Å². The molecule has 5 rings (SSSR count). The van der Waals surface area contributed by atoms with Gasteiger partial charge in [0, 0.05) is 85.3 Å². The van der Waals surface area contributed by atoms with E-state index in [0.717, 1.165) is 7.11 Å². The quantitative estimate of drug-likeness (QED) is 0.0205. The number of rotatable bonds is 36. The molecule has 5 amide bonds. The Labute approximate surface area is 553 Å². The van der Waals surface area contributed by atoms with E-state index in [1.165, 1.54) is 41.7 Å². The number of aliphatic hydroxyl groups excluding tert-OH is 15. The Morgan fingerprint density at radius 1 is 0.365 bits per heavy atom. The van der Waals surface area contributed by atoms with Crippen LogP contribution in [-0.2, 0) is 85.6 Å². The van der Waals surface area contributed by atoms with Gasteiger partial charge in [-0.25, -0.2) is 0 Å². The average Bonchev–Trinajstić information content (AvgIpc) is 0.772. The van der Waals surface area contributed by atoms with Gasteiger partial charge in [0.25, 0.3) is 0 Å². The Hall–Kier alpha value is -4.22. The highest BCUT2D eigenvalue weighted by atomic mass is 16.8. The molecular weight excluding hydrogens is 1290 g/mol. The molecule has 0 spiro atoms. The van der Waals surface area contributed by atoms with E-state index in [4.69, 9.17) is 56.8 Å². The van der Waals surface area contributed by atoms with Crippen molar-refractivity contribution in [2.75, 3.05) is 53.9 Å². The summed E-state index contributed by atoms with van der Waals surface area (Å²) in [6.07, 6.45) is -45.9. The van der Waals surface area contributed by atoms with Crippen molar-refractivity contribution in [2.24, 2.45) is 0 Å². The first kappa shape index (κ1) is 82.4. The highest BCUT2D eigenvalue weighted by Crippen LogP contribution is 2.38. The minimum Gasteiger partial charge on any atom is -0.469 e. The molecule has 556 valence electrons. The number of esters is 1. The smallest absolute Gasteiger partial charge is 0.305 e. The molecule has 0 aliphatic carbocycles. The lowest BCUT2D eigenvalue weighted by atomic mass is 9.93. The van der Waals surface area contributed by atoms with Crippen LogP contribution in [0, 0.1) is 0 Å². The van der Waals surface area contributed by atoms with Crippen molar-refractivity contribution in [3.8, 4) is 0 Å². The summed E-state index contributed by atoms with van der Waals surface area (Å²) in [4.78, 5) is 78.4. The number of unbranched alkanes of at least 4 members (excludes halogenated alkanes) is 2. The largest absolute Gasteiger partial charge is 0.469 e. The number of carbonyl (C=O) groups is 6. The molecule has 0 aromatic carbocycles. The van der Waals surface area contributed by atoms with Gasteiger partial charge in [0.05, 0.1) is 67.8 Å². The van der Waals surface area contributed by atoms with Gasteiger partial charge >= 0.3 is 5.97 Å². The maximum absolute atomic E-state index is 13.5. The van der Waals surface area contributed by atoms with Crippen LogP contribution in [0.3, 0.4) is 0 Å². The second-order valence-electron chi connectivity index (χ2n) is 24.2. The van der Waals surface area contributed by atoms with Crippen LogP contribution >= 0.6 is 0 Å². The standard InChI is InChI=1S/C58H101N5O33/c1-23-35(60-50(81)29(70)13-18-65)40(76)45(54(88-23)87-22-10-8-9-11-33(74)85-6)93-56-47(42(78)37(25(3)90-56)62-52(83)31(72)15-20-67)95-58-48(43(79)38(27(5)92-58)63-53(84)32(73)16-21-68)96-57-46(41(77)36(26(4)91-57)61-51(82)30(71)14-19-66)94-55-44(86-7)39(75)34(24(2)89-55)59-49(80)28(69)12-17-64/h23-32,34-48,54-58,64-73,75-79H,8-22H2,1-7H3,(H,59,80)(H,60,81)(H,61,82)(H,62,83)(H,63,84)/t23-,24-,25-,26-,27-,28-,29-,30-,31-,32-,34-,35-,36-,37-,38-,39+,40+,41+,42+,43+,44+,45+,46+,47+,48+,54+,55-,56-,57-,58-/m1/s1. The van der Waals surface area contributed by atoms with Gasteiger partial charge in [-0.15, -0.1) is 0 Å². The van der Waals surface area contributed by atoms with Crippen molar-refractivity contribution < 1.29 is 162 Å². The molecule has 30 atom stereocenters. The Morgan fingerprint density at radius 3 is 0.854 bits per heavy atom. The van der Waals surface area contributed by atoms with Crippen molar-refractivity contribution in [3.63, 3.8) is 0 Å². The van der Waals surface area contributed by atoms with Gasteiger partial charge in [-0.05, 0) is 47.5 Å². The molecule has 38 nitrogen and oxygen atoms in total. The van der Waals surface area contributed by atoms with Crippen LogP contribution < -0.4 is 26.6 Å². The van der Waals surface area contributed by atoms with Gasteiger partial charge in [0.1, 0.15) is 91.6 Å². The van der Waals surface area contributed by atoms with Crippen molar-refractivity contribution in [3.05, 3.63) is 0 Å². The van der Waals surface area contributed by atoms with E-state index < -0.39 is 278 Å². The summed E-state index contributed by atoms with van der Waals surface area (Å²) >= 11 is 0. The van der Waals surface area contributed by atoms with E-state index >= 15 is 0 Å². The van der Waals surface area contributed by atoms with E-state index in [1.807, 2.05) is 0 Å². The average molecular weight is 1400 g/mol. The topological polar surface area (TPSA) is 577 Å². The lowest BCUT2D eigenvalue weighted by Gasteiger charge is -2.51. The van der Waals surface area contributed by atoms with Crippen LogP contribution in [0.1, 0.15) is 92.4 Å². The first-order chi connectivity index (χ1) is 45.5. The molecule has 0 unspecified atom stereocenters. The number of hydrogen-bond donors (Lipinski definition) is 20. The summed E-state index contributed by atoms with van der Waals surface area (Å²) < 4.78 is 73.9. The zero-order valence-corrected chi connectivity index (χ0v) is 54.5. The second-order valence-corrected chi connectivity index (χ2v) is 24.2. The van der Waals surface area contributed by atoms with Crippen LogP contribution in [0.25, 0.3) is 0 Å². The summed E-state index contributed by atoms with van der Waals surface area (Å²) in [6, 6.07) is -7.60. The van der Waals surface area contributed by atoms with Crippen molar-refractivity contribution in [2.45, 2.75) is 276 Å². The molecule has 5 saturated heterocycles. The molecule has 20 N–H and O–H groups in total. The van der Waals surface area contributed by atoms with Gasteiger partial charge in [-0.1, -0.05) is 6.42 Å². The summed E-state index contributed by atoms with van der Waals surface area (Å²) in [5, 5.41) is 174. The number of methoxy groups -OCH3 is 2. The third-order valence-corrected chi connectivity index (χ3v) is 17.2. The minimum absolute atomic E-state index is 0.0843. The summed E-state index contributed by atoms with van der Waals surface area (Å²) in [5.41, 5.74) is 0. The molecule has 5 aliphatic rings. The van der Waals surface area contributed by atoms with E-state index in [-0.39, 0.29) is 19.4 Å². The van der Waals surface area contributed by atoms with Crippen molar-refractivity contribution in [1.82, 2.24) is 26.6 Å². The van der Waals surface area contributed by atoms with Gasteiger partial charge in [-0.3, -0.25) is 28.8 Å². The molecule has 5 aliphatic heterocycles.